The maximum absolute atomic E-state index is 12.7. The summed E-state index contributed by atoms with van der Waals surface area (Å²) < 4.78 is 0. The average molecular weight is 402 g/mol. The number of carbonyl (C=O) groups excluding carboxylic acids is 1. The molecule has 1 saturated carbocycles. The summed E-state index contributed by atoms with van der Waals surface area (Å²) in [6, 6.07) is 7.47. The summed E-state index contributed by atoms with van der Waals surface area (Å²) >= 11 is 0. The van der Waals surface area contributed by atoms with Crippen LogP contribution in [0.2, 0.25) is 0 Å². The number of benzene rings is 1. The van der Waals surface area contributed by atoms with Gasteiger partial charge in [-0.2, -0.15) is 0 Å². The van der Waals surface area contributed by atoms with Crippen LogP contribution in [0.25, 0.3) is 0 Å². The van der Waals surface area contributed by atoms with Crippen molar-refractivity contribution >= 4 is 17.3 Å². The standard InChI is InChI=1S/C21H31N5O3/c27-21(25-15-13-24(14-16-25)18-3-1-2-4-18)17-22-9-11-23(12-10-22)19-5-7-20(8-6-19)26(28)29/h5-8,18H,1-4,9-17H2. The SMILES string of the molecule is O=C(CN1CCN(c2ccc([N+](=O)[O-])cc2)CC1)N1CCN(C2CCCC2)CC1. The number of nitrogens with zero attached hydrogens (tertiary/aromatic N) is 5. The molecule has 1 aromatic rings. The highest BCUT2D eigenvalue weighted by atomic mass is 16.6. The Kier molecular flexibility index (Phi) is 6.30. The first-order valence-electron chi connectivity index (χ1n) is 10.8. The molecule has 0 aromatic heterocycles. The highest BCUT2D eigenvalue weighted by Crippen LogP contribution is 2.24. The summed E-state index contributed by atoms with van der Waals surface area (Å²) in [5.74, 6) is 0.250. The third-order valence-corrected chi connectivity index (χ3v) is 6.66. The highest BCUT2D eigenvalue weighted by Gasteiger charge is 2.29. The van der Waals surface area contributed by atoms with Crippen molar-refractivity contribution in [3.8, 4) is 0 Å². The van der Waals surface area contributed by atoms with E-state index in [-0.39, 0.29) is 16.5 Å². The minimum atomic E-state index is -0.374. The number of nitro groups is 1. The summed E-state index contributed by atoms with van der Waals surface area (Å²) in [6.07, 6.45) is 5.37. The molecule has 8 heteroatoms. The molecular formula is C21H31N5O3. The van der Waals surface area contributed by atoms with Crippen LogP contribution >= 0.6 is 0 Å². The van der Waals surface area contributed by atoms with Gasteiger partial charge in [0.05, 0.1) is 11.5 Å². The Morgan fingerprint density at radius 3 is 2.14 bits per heavy atom. The smallest absolute Gasteiger partial charge is 0.269 e. The van der Waals surface area contributed by atoms with Gasteiger partial charge in [0.25, 0.3) is 5.69 Å². The van der Waals surface area contributed by atoms with Crippen molar-refractivity contribution in [2.24, 2.45) is 0 Å². The van der Waals surface area contributed by atoms with Crippen molar-refractivity contribution in [3.05, 3.63) is 34.4 Å². The fourth-order valence-electron chi connectivity index (χ4n) is 4.85. The Morgan fingerprint density at radius 2 is 1.55 bits per heavy atom. The molecular weight excluding hydrogens is 370 g/mol. The molecule has 0 bridgehead atoms. The van der Waals surface area contributed by atoms with Gasteiger partial charge in [0.1, 0.15) is 0 Å². The number of non-ortho nitro benzene ring substituents is 1. The Balaban J connectivity index is 1.20. The Bertz CT molecular complexity index is 704. The molecule has 1 amide bonds. The number of anilines is 1. The van der Waals surface area contributed by atoms with Crippen molar-refractivity contribution in [2.75, 3.05) is 63.8 Å². The third-order valence-electron chi connectivity index (χ3n) is 6.66. The molecule has 2 saturated heterocycles. The first kappa shape index (κ1) is 20.1. The fraction of sp³-hybridized carbons (Fsp3) is 0.667. The summed E-state index contributed by atoms with van der Waals surface area (Å²) in [5.41, 5.74) is 1.12. The van der Waals surface area contributed by atoms with Gasteiger partial charge in [-0.1, -0.05) is 12.8 Å². The largest absolute Gasteiger partial charge is 0.369 e. The van der Waals surface area contributed by atoms with Gasteiger partial charge in [0.15, 0.2) is 0 Å². The van der Waals surface area contributed by atoms with Crippen LogP contribution in [-0.2, 0) is 4.79 Å². The van der Waals surface area contributed by atoms with Crippen LogP contribution in [0.4, 0.5) is 11.4 Å². The second-order valence-corrected chi connectivity index (χ2v) is 8.39. The lowest BCUT2D eigenvalue weighted by molar-refractivity contribution is -0.384. The van der Waals surface area contributed by atoms with E-state index in [1.807, 2.05) is 17.0 Å². The number of nitro benzene ring substituents is 1. The van der Waals surface area contributed by atoms with Gasteiger partial charge < -0.3 is 9.80 Å². The molecule has 0 atom stereocenters. The van der Waals surface area contributed by atoms with E-state index in [1.165, 1.54) is 25.7 Å². The second-order valence-electron chi connectivity index (χ2n) is 8.39. The number of rotatable bonds is 5. The van der Waals surface area contributed by atoms with E-state index in [0.717, 1.165) is 64.1 Å². The van der Waals surface area contributed by atoms with Gasteiger partial charge in [0, 0.05) is 76.2 Å². The summed E-state index contributed by atoms with van der Waals surface area (Å²) in [7, 11) is 0. The molecule has 3 fully saturated rings. The zero-order chi connectivity index (χ0) is 20.2. The van der Waals surface area contributed by atoms with Crippen LogP contribution in [0, 0.1) is 10.1 Å². The van der Waals surface area contributed by atoms with Crippen molar-refractivity contribution in [1.29, 1.82) is 0 Å². The predicted octanol–water partition coefficient (Wildman–Crippen LogP) is 1.80. The van der Waals surface area contributed by atoms with Crippen molar-refractivity contribution in [1.82, 2.24) is 14.7 Å². The zero-order valence-corrected chi connectivity index (χ0v) is 17.0. The van der Waals surface area contributed by atoms with E-state index in [4.69, 9.17) is 0 Å². The number of piperazine rings is 2. The van der Waals surface area contributed by atoms with E-state index >= 15 is 0 Å². The summed E-state index contributed by atoms with van der Waals surface area (Å²) in [5, 5.41) is 10.8. The quantitative estimate of drug-likeness (QED) is 0.553. The molecule has 0 N–H and O–H groups in total. The van der Waals surface area contributed by atoms with Crippen LogP contribution in [-0.4, -0.2) is 90.5 Å². The molecule has 1 aliphatic carbocycles. The lowest BCUT2D eigenvalue weighted by atomic mass is 10.2. The topological polar surface area (TPSA) is 73.2 Å². The molecule has 3 aliphatic rings. The first-order valence-corrected chi connectivity index (χ1v) is 10.8. The minimum absolute atomic E-state index is 0.117. The predicted molar refractivity (Wildman–Crippen MR) is 112 cm³/mol. The molecule has 2 aliphatic heterocycles. The normalized spacial score (nSPS) is 22.2. The van der Waals surface area contributed by atoms with E-state index in [2.05, 4.69) is 14.7 Å². The van der Waals surface area contributed by atoms with Gasteiger partial charge in [0.2, 0.25) is 5.91 Å². The molecule has 0 spiro atoms. The Labute approximate surface area is 172 Å². The molecule has 0 unspecified atom stereocenters. The Hall–Kier alpha value is -2.19. The van der Waals surface area contributed by atoms with Crippen molar-refractivity contribution in [2.45, 2.75) is 31.7 Å². The summed E-state index contributed by atoms with van der Waals surface area (Å²) in [4.78, 5) is 32.2. The maximum Gasteiger partial charge on any atom is 0.269 e. The van der Waals surface area contributed by atoms with Gasteiger partial charge in [-0.25, -0.2) is 0 Å². The Morgan fingerprint density at radius 1 is 0.931 bits per heavy atom. The van der Waals surface area contributed by atoms with E-state index in [1.54, 1.807) is 12.1 Å². The van der Waals surface area contributed by atoms with Crippen LogP contribution in [0.1, 0.15) is 25.7 Å². The number of hydrogen-bond acceptors (Lipinski definition) is 6. The molecule has 2 heterocycles. The lowest BCUT2D eigenvalue weighted by Gasteiger charge is -2.40. The molecule has 0 radical (unpaired) electrons. The van der Waals surface area contributed by atoms with Crippen LogP contribution in [0.5, 0.6) is 0 Å². The van der Waals surface area contributed by atoms with E-state index < -0.39 is 0 Å². The molecule has 4 rings (SSSR count). The lowest BCUT2D eigenvalue weighted by Crippen LogP contribution is -2.55. The van der Waals surface area contributed by atoms with Crippen LogP contribution in [0.3, 0.4) is 0 Å². The fourth-order valence-corrected chi connectivity index (χ4v) is 4.85. The van der Waals surface area contributed by atoms with Crippen molar-refractivity contribution in [3.63, 3.8) is 0 Å². The van der Waals surface area contributed by atoms with Crippen molar-refractivity contribution < 1.29 is 9.72 Å². The second kappa shape index (κ2) is 9.09. The summed E-state index contributed by atoms with van der Waals surface area (Å²) in [6.45, 7) is 7.60. The van der Waals surface area contributed by atoms with E-state index in [0.29, 0.717) is 6.54 Å². The van der Waals surface area contributed by atoms with Gasteiger partial charge in [-0.05, 0) is 25.0 Å². The molecule has 158 valence electrons. The van der Waals surface area contributed by atoms with Gasteiger partial charge in [-0.3, -0.25) is 24.7 Å². The molecule has 29 heavy (non-hydrogen) atoms. The third kappa shape index (κ3) is 4.87. The van der Waals surface area contributed by atoms with Gasteiger partial charge >= 0.3 is 0 Å². The van der Waals surface area contributed by atoms with Gasteiger partial charge in [-0.15, -0.1) is 0 Å². The number of hydrogen-bond donors (Lipinski definition) is 0. The number of carbonyl (C=O) groups is 1. The molecule has 8 nitrogen and oxygen atoms in total. The van der Waals surface area contributed by atoms with Crippen LogP contribution in [0.15, 0.2) is 24.3 Å². The average Bonchev–Trinajstić information content (AvgIpc) is 3.29. The molecule has 1 aromatic carbocycles. The first-order chi connectivity index (χ1) is 14.1. The van der Waals surface area contributed by atoms with Crippen LogP contribution < -0.4 is 4.90 Å². The monoisotopic (exact) mass is 401 g/mol. The number of amides is 1. The highest BCUT2D eigenvalue weighted by molar-refractivity contribution is 5.78. The van der Waals surface area contributed by atoms with E-state index in [9.17, 15) is 14.9 Å². The minimum Gasteiger partial charge on any atom is -0.369 e. The zero-order valence-electron chi connectivity index (χ0n) is 17.0. The maximum atomic E-state index is 12.7.